The molecule has 4 N–H and O–H groups in total. The highest BCUT2D eigenvalue weighted by Crippen LogP contribution is 2.27. The molecule has 3 heterocycles. The Morgan fingerprint density at radius 3 is 2.57 bits per heavy atom. The average molecular weight is 409 g/mol. The number of ether oxygens (including phenoxy) is 1. The van der Waals surface area contributed by atoms with Crippen LogP contribution in [0.25, 0.3) is 11.0 Å². The number of nitrogens with one attached hydrogen (secondary N) is 3. The first kappa shape index (κ1) is 19.1. The molecule has 30 heavy (non-hydrogen) atoms. The van der Waals surface area contributed by atoms with Crippen molar-refractivity contribution in [3.8, 4) is 0 Å². The summed E-state index contributed by atoms with van der Waals surface area (Å²) >= 11 is 0. The van der Waals surface area contributed by atoms with Gasteiger partial charge in [-0.2, -0.15) is 15.1 Å². The first-order valence-electron chi connectivity index (χ1n) is 10.6. The number of nitrogens with zero attached hydrogens (tertiary/aromatic N) is 4. The first-order chi connectivity index (χ1) is 14.7. The Morgan fingerprint density at radius 2 is 1.80 bits per heavy atom. The van der Waals surface area contributed by atoms with Crippen LogP contribution < -0.4 is 15.5 Å². The van der Waals surface area contributed by atoms with Crippen LogP contribution in [0.4, 0.5) is 23.1 Å². The van der Waals surface area contributed by atoms with E-state index in [1.54, 1.807) is 6.20 Å². The van der Waals surface area contributed by atoms with Crippen LogP contribution >= 0.6 is 0 Å². The number of rotatable bonds is 5. The zero-order chi connectivity index (χ0) is 20.3. The van der Waals surface area contributed by atoms with Gasteiger partial charge < -0.3 is 25.4 Å². The van der Waals surface area contributed by atoms with Crippen molar-refractivity contribution in [2.75, 3.05) is 41.8 Å². The smallest absolute Gasteiger partial charge is 0.231 e. The summed E-state index contributed by atoms with van der Waals surface area (Å²) in [6.45, 7) is 3.38. The molecule has 0 unspecified atom stereocenters. The van der Waals surface area contributed by atoms with Crippen molar-refractivity contribution in [3.05, 3.63) is 30.5 Å². The number of morpholine rings is 1. The highest BCUT2D eigenvalue weighted by atomic mass is 16.5. The van der Waals surface area contributed by atoms with Crippen LogP contribution in [0.1, 0.15) is 25.7 Å². The molecule has 0 amide bonds. The molecule has 0 bridgehead atoms. The van der Waals surface area contributed by atoms with E-state index in [-0.39, 0.29) is 6.10 Å². The number of fused-ring (bicyclic) bond motifs is 1. The summed E-state index contributed by atoms with van der Waals surface area (Å²) in [7, 11) is 0. The lowest BCUT2D eigenvalue weighted by molar-refractivity contribution is 0.122. The number of H-pyrrole nitrogens is 1. The van der Waals surface area contributed by atoms with E-state index in [0.717, 1.165) is 68.9 Å². The molecule has 1 aromatic carbocycles. The number of aliphatic hydroxyl groups excluding tert-OH is 1. The molecule has 0 spiro atoms. The van der Waals surface area contributed by atoms with Gasteiger partial charge in [0.15, 0.2) is 5.65 Å². The summed E-state index contributed by atoms with van der Waals surface area (Å²) in [6.07, 6.45) is 5.05. The zero-order valence-electron chi connectivity index (χ0n) is 16.8. The number of aromatic nitrogens is 4. The lowest BCUT2D eigenvalue weighted by Crippen LogP contribution is -2.36. The molecule has 2 aliphatic rings. The van der Waals surface area contributed by atoms with E-state index in [0.29, 0.717) is 17.6 Å². The van der Waals surface area contributed by atoms with Crippen LogP contribution in [-0.2, 0) is 4.74 Å². The maximum Gasteiger partial charge on any atom is 0.231 e. The normalized spacial score (nSPS) is 22.2. The second-order valence-electron chi connectivity index (χ2n) is 7.95. The molecule has 1 aliphatic carbocycles. The monoisotopic (exact) mass is 409 g/mol. The van der Waals surface area contributed by atoms with Gasteiger partial charge in [-0.1, -0.05) is 0 Å². The number of anilines is 4. The minimum atomic E-state index is -0.181. The predicted molar refractivity (Wildman–Crippen MR) is 116 cm³/mol. The van der Waals surface area contributed by atoms with Crippen LogP contribution in [0, 0.1) is 0 Å². The van der Waals surface area contributed by atoms with Crippen molar-refractivity contribution in [2.45, 2.75) is 37.8 Å². The van der Waals surface area contributed by atoms with Gasteiger partial charge in [-0.3, -0.25) is 5.10 Å². The van der Waals surface area contributed by atoms with Crippen molar-refractivity contribution in [1.29, 1.82) is 0 Å². The molecule has 9 heteroatoms. The minimum Gasteiger partial charge on any atom is -0.393 e. The second-order valence-corrected chi connectivity index (χ2v) is 7.95. The van der Waals surface area contributed by atoms with Gasteiger partial charge in [-0.15, -0.1) is 0 Å². The van der Waals surface area contributed by atoms with Crippen molar-refractivity contribution in [3.63, 3.8) is 0 Å². The quantitative estimate of drug-likeness (QED) is 0.509. The largest absolute Gasteiger partial charge is 0.393 e. The fourth-order valence-corrected chi connectivity index (χ4v) is 4.12. The fourth-order valence-electron chi connectivity index (χ4n) is 4.12. The predicted octanol–water partition coefficient (Wildman–Crippen LogP) is 2.65. The van der Waals surface area contributed by atoms with Gasteiger partial charge in [0.2, 0.25) is 5.95 Å². The van der Waals surface area contributed by atoms with Crippen molar-refractivity contribution in [1.82, 2.24) is 20.2 Å². The van der Waals surface area contributed by atoms with E-state index >= 15 is 0 Å². The Labute approximate surface area is 174 Å². The summed E-state index contributed by atoms with van der Waals surface area (Å²) in [6, 6.07) is 8.59. The van der Waals surface area contributed by atoms with Crippen LogP contribution in [0.2, 0.25) is 0 Å². The van der Waals surface area contributed by atoms with E-state index in [4.69, 9.17) is 9.72 Å². The summed E-state index contributed by atoms with van der Waals surface area (Å²) in [5.41, 5.74) is 2.81. The number of benzene rings is 1. The molecule has 9 nitrogen and oxygen atoms in total. The molecule has 2 aromatic heterocycles. The van der Waals surface area contributed by atoms with Gasteiger partial charge >= 0.3 is 0 Å². The van der Waals surface area contributed by atoms with Gasteiger partial charge in [-0.05, 0) is 49.9 Å². The van der Waals surface area contributed by atoms with Gasteiger partial charge in [0.05, 0.1) is 30.9 Å². The summed E-state index contributed by atoms with van der Waals surface area (Å²) < 4.78 is 5.43. The van der Waals surface area contributed by atoms with Crippen molar-refractivity contribution >= 4 is 34.2 Å². The van der Waals surface area contributed by atoms with Crippen molar-refractivity contribution in [2.24, 2.45) is 0 Å². The Bertz CT molecular complexity index is 977. The number of aromatic amines is 1. The van der Waals surface area contributed by atoms with Crippen LogP contribution in [0.3, 0.4) is 0 Å². The first-order valence-corrected chi connectivity index (χ1v) is 10.6. The average Bonchev–Trinajstić information content (AvgIpc) is 3.25. The Balaban J connectivity index is 1.33. The Hall–Kier alpha value is -2.91. The maximum absolute atomic E-state index is 9.76. The third-order valence-corrected chi connectivity index (χ3v) is 5.85. The fraction of sp³-hybridized carbons (Fsp3) is 0.476. The maximum atomic E-state index is 9.76. The molecule has 1 saturated heterocycles. The minimum absolute atomic E-state index is 0.181. The van der Waals surface area contributed by atoms with E-state index in [2.05, 4.69) is 42.8 Å². The topological polar surface area (TPSA) is 111 Å². The molecule has 1 saturated carbocycles. The van der Waals surface area contributed by atoms with Crippen LogP contribution in [0.15, 0.2) is 30.5 Å². The Morgan fingerprint density at radius 1 is 1.03 bits per heavy atom. The van der Waals surface area contributed by atoms with E-state index in [1.807, 2.05) is 12.1 Å². The number of aliphatic hydroxyl groups is 1. The molecular formula is C21H27N7O2. The number of hydrogen-bond donors (Lipinski definition) is 4. The molecule has 1 aliphatic heterocycles. The molecule has 3 aromatic rings. The van der Waals surface area contributed by atoms with Gasteiger partial charge in [0.1, 0.15) is 5.82 Å². The van der Waals surface area contributed by atoms with Gasteiger partial charge in [0.25, 0.3) is 0 Å². The van der Waals surface area contributed by atoms with Gasteiger partial charge in [-0.25, -0.2) is 0 Å². The Kier molecular flexibility index (Phi) is 5.37. The zero-order valence-corrected chi connectivity index (χ0v) is 16.8. The SMILES string of the molecule is OC1CCC(Nc2nc(Nc3ccc(N4CCOCC4)cc3)nc3[nH]ncc23)CC1. The van der Waals surface area contributed by atoms with Crippen molar-refractivity contribution < 1.29 is 9.84 Å². The molecule has 2 fully saturated rings. The number of hydrogen-bond acceptors (Lipinski definition) is 8. The molecular weight excluding hydrogens is 382 g/mol. The standard InChI is InChI=1S/C21H27N7O2/c29-17-7-3-14(4-8-17)23-19-18-13-22-27-20(18)26-21(25-19)24-15-1-5-16(6-2-15)28-9-11-30-12-10-28/h1-2,5-6,13-14,17,29H,3-4,7-12H2,(H3,22,23,24,25,26,27). The third kappa shape index (κ3) is 4.17. The van der Waals surface area contributed by atoms with E-state index < -0.39 is 0 Å². The summed E-state index contributed by atoms with van der Waals surface area (Å²) in [4.78, 5) is 11.6. The lowest BCUT2D eigenvalue weighted by Gasteiger charge is -2.29. The summed E-state index contributed by atoms with van der Waals surface area (Å²) in [5, 5.41) is 24.5. The molecule has 0 atom stereocenters. The molecule has 0 radical (unpaired) electrons. The highest BCUT2D eigenvalue weighted by molar-refractivity contribution is 5.87. The third-order valence-electron chi connectivity index (χ3n) is 5.85. The highest BCUT2D eigenvalue weighted by Gasteiger charge is 2.21. The molecule has 5 rings (SSSR count). The van der Waals surface area contributed by atoms with Crippen LogP contribution in [0.5, 0.6) is 0 Å². The van der Waals surface area contributed by atoms with Gasteiger partial charge in [0, 0.05) is 30.5 Å². The second kappa shape index (κ2) is 8.45. The summed E-state index contributed by atoms with van der Waals surface area (Å²) in [5.74, 6) is 1.28. The lowest BCUT2D eigenvalue weighted by atomic mass is 9.93. The molecule has 158 valence electrons. The van der Waals surface area contributed by atoms with E-state index in [9.17, 15) is 5.11 Å². The van der Waals surface area contributed by atoms with E-state index in [1.165, 1.54) is 5.69 Å². The van der Waals surface area contributed by atoms with Crippen LogP contribution in [-0.4, -0.2) is 63.7 Å².